The van der Waals surface area contributed by atoms with E-state index in [2.05, 4.69) is 15.0 Å². The van der Waals surface area contributed by atoms with Gasteiger partial charge in [-0.15, -0.1) is 0 Å². The summed E-state index contributed by atoms with van der Waals surface area (Å²) in [5.74, 6) is 0.567. The second-order valence-corrected chi connectivity index (χ2v) is 5.15. The molecule has 0 spiro atoms. The fourth-order valence-electron chi connectivity index (χ4n) is 2.61. The monoisotopic (exact) mass is 321 g/mol. The smallest absolute Gasteiger partial charge is 0.158 e. The molecule has 0 saturated carbocycles. The maximum absolute atomic E-state index is 13.5. The Morgan fingerprint density at radius 1 is 1.12 bits per heavy atom. The molecule has 0 aliphatic rings. The fraction of sp³-hybridized carbons (Fsp3) is 0.0556. The van der Waals surface area contributed by atoms with Crippen LogP contribution in [0.25, 0.3) is 21.9 Å². The lowest BCUT2D eigenvalue weighted by Gasteiger charge is -2.10. The van der Waals surface area contributed by atoms with E-state index in [9.17, 15) is 4.39 Å². The van der Waals surface area contributed by atoms with Gasteiger partial charge in [-0.05, 0) is 34.7 Å². The number of aliphatic imine (C=N–C) groups is 2. The molecule has 0 aliphatic heterocycles. The zero-order valence-electron chi connectivity index (χ0n) is 13.1. The molecule has 0 aliphatic carbocycles. The SMILES string of the molecule is CN=C(N=CN)c1cnc(N)c2cc(-c3cccc(F)c3)ccc12. The van der Waals surface area contributed by atoms with Crippen LogP contribution in [0.2, 0.25) is 0 Å². The number of hydrogen-bond acceptors (Lipinski definition) is 3. The Labute approximate surface area is 138 Å². The van der Waals surface area contributed by atoms with Crippen molar-refractivity contribution in [2.75, 3.05) is 12.8 Å². The number of rotatable bonds is 2. The highest BCUT2D eigenvalue weighted by molar-refractivity contribution is 6.13. The average molecular weight is 321 g/mol. The first-order chi connectivity index (χ1) is 11.6. The summed E-state index contributed by atoms with van der Waals surface area (Å²) in [6.45, 7) is 0. The Morgan fingerprint density at radius 2 is 1.92 bits per heavy atom. The Morgan fingerprint density at radius 3 is 2.62 bits per heavy atom. The van der Waals surface area contributed by atoms with Gasteiger partial charge in [-0.3, -0.25) is 4.99 Å². The number of benzene rings is 2. The van der Waals surface area contributed by atoms with Crippen LogP contribution >= 0.6 is 0 Å². The molecule has 5 nitrogen and oxygen atoms in total. The van der Waals surface area contributed by atoms with Crippen molar-refractivity contribution in [2.24, 2.45) is 15.7 Å². The van der Waals surface area contributed by atoms with Crippen molar-refractivity contribution in [3.8, 4) is 11.1 Å². The number of amidine groups is 1. The van der Waals surface area contributed by atoms with E-state index < -0.39 is 0 Å². The predicted octanol–water partition coefficient (Wildman–Crippen LogP) is 2.99. The normalized spacial score (nSPS) is 12.2. The van der Waals surface area contributed by atoms with E-state index >= 15 is 0 Å². The van der Waals surface area contributed by atoms with Crippen LogP contribution in [0.4, 0.5) is 10.2 Å². The number of hydrogen-bond donors (Lipinski definition) is 2. The van der Waals surface area contributed by atoms with Crippen LogP contribution in [-0.4, -0.2) is 24.2 Å². The van der Waals surface area contributed by atoms with Gasteiger partial charge in [0, 0.05) is 24.2 Å². The number of nitrogens with two attached hydrogens (primary N) is 2. The second kappa shape index (κ2) is 6.45. The molecule has 120 valence electrons. The third-order valence-electron chi connectivity index (χ3n) is 3.73. The molecule has 6 heteroatoms. The summed E-state index contributed by atoms with van der Waals surface area (Å²) in [6, 6.07) is 12.1. The first-order valence-corrected chi connectivity index (χ1v) is 7.29. The number of pyridine rings is 1. The molecule has 0 radical (unpaired) electrons. The van der Waals surface area contributed by atoms with E-state index in [-0.39, 0.29) is 5.82 Å². The lowest BCUT2D eigenvalue weighted by Crippen LogP contribution is -2.04. The van der Waals surface area contributed by atoms with E-state index in [4.69, 9.17) is 11.5 Å². The zero-order chi connectivity index (χ0) is 17.1. The lowest BCUT2D eigenvalue weighted by molar-refractivity contribution is 0.628. The third kappa shape index (κ3) is 2.81. The standard InChI is InChI=1S/C18H16FN5/c1-22-18(24-10-20)16-9-23-17(21)15-8-12(5-6-14(15)16)11-3-2-4-13(19)7-11/h2-10H,1H3,(H2,21,23)(H2,20,22,24). The molecule has 24 heavy (non-hydrogen) atoms. The minimum absolute atomic E-state index is 0.287. The Kier molecular flexibility index (Phi) is 4.20. The molecule has 0 unspecified atom stereocenters. The van der Waals surface area contributed by atoms with Crippen LogP contribution in [0.15, 0.2) is 58.6 Å². The summed E-state index contributed by atoms with van der Waals surface area (Å²) in [4.78, 5) is 12.4. The summed E-state index contributed by atoms with van der Waals surface area (Å²) in [7, 11) is 1.63. The Balaban J connectivity index is 2.22. The number of fused-ring (bicyclic) bond motifs is 1. The van der Waals surface area contributed by atoms with Gasteiger partial charge in [0.25, 0.3) is 0 Å². The summed E-state index contributed by atoms with van der Waals surface area (Å²) in [5.41, 5.74) is 13.8. The summed E-state index contributed by atoms with van der Waals surface area (Å²) < 4.78 is 13.5. The molecular weight excluding hydrogens is 305 g/mol. The average Bonchev–Trinajstić information content (AvgIpc) is 2.60. The van der Waals surface area contributed by atoms with Crippen molar-refractivity contribution in [1.82, 2.24) is 4.98 Å². The highest BCUT2D eigenvalue weighted by atomic mass is 19.1. The third-order valence-corrected chi connectivity index (χ3v) is 3.73. The van der Waals surface area contributed by atoms with Crippen molar-refractivity contribution < 1.29 is 4.39 Å². The van der Waals surface area contributed by atoms with Crippen LogP contribution in [0, 0.1) is 5.82 Å². The van der Waals surface area contributed by atoms with Gasteiger partial charge in [0.1, 0.15) is 11.6 Å². The second-order valence-electron chi connectivity index (χ2n) is 5.15. The number of nitrogen functional groups attached to an aromatic ring is 1. The largest absolute Gasteiger partial charge is 0.390 e. The molecule has 0 atom stereocenters. The van der Waals surface area contributed by atoms with E-state index in [0.29, 0.717) is 11.7 Å². The van der Waals surface area contributed by atoms with Gasteiger partial charge in [0.15, 0.2) is 5.84 Å². The molecule has 3 aromatic rings. The van der Waals surface area contributed by atoms with Crippen molar-refractivity contribution in [3.05, 3.63) is 60.0 Å². The van der Waals surface area contributed by atoms with Crippen LogP contribution in [0.1, 0.15) is 5.56 Å². The van der Waals surface area contributed by atoms with Crippen LogP contribution in [0.5, 0.6) is 0 Å². The summed E-state index contributed by atoms with van der Waals surface area (Å²) in [5, 5.41) is 1.61. The van der Waals surface area contributed by atoms with Crippen molar-refractivity contribution in [2.45, 2.75) is 0 Å². The Hall–Kier alpha value is -3.28. The molecule has 0 amide bonds. The fourth-order valence-corrected chi connectivity index (χ4v) is 2.61. The Bertz CT molecular complexity index is 963. The summed E-state index contributed by atoms with van der Waals surface area (Å²) >= 11 is 0. The highest BCUT2D eigenvalue weighted by Crippen LogP contribution is 2.29. The lowest BCUT2D eigenvalue weighted by atomic mass is 9.99. The number of nitrogens with zero attached hydrogens (tertiary/aromatic N) is 3. The molecule has 0 bridgehead atoms. The minimum atomic E-state index is -0.287. The van der Waals surface area contributed by atoms with E-state index in [1.165, 1.54) is 18.5 Å². The predicted molar refractivity (Wildman–Crippen MR) is 96.7 cm³/mol. The van der Waals surface area contributed by atoms with Crippen LogP contribution < -0.4 is 11.5 Å². The van der Waals surface area contributed by atoms with Crippen LogP contribution in [0.3, 0.4) is 0 Å². The maximum Gasteiger partial charge on any atom is 0.158 e. The molecule has 2 aromatic carbocycles. The van der Waals surface area contributed by atoms with Crippen LogP contribution in [-0.2, 0) is 0 Å². The molecule has 0 fully saturated rings. The molecule has 0 saturated heterocycles. The topological polar surface area (TPSA) is 89.6 Å². The van der Waals surface area contributed by atoms with Crippen molar-refractivity contribution in [1.29, 1.82) is 0 Å². The van der Waals surface area contributed by atoms with E-state index in [1.807, 2.05) is 24.3 Å². The minimum Gasteiger partial charge on any atom is -0.390 e. The van der Waals surface area contributed by atoms with Gasteiger partial charge in [0.05, 0.1) is 6.34 Å². The first kappa shape index (κ1) is 15.6. The van der Waals surface area contributed by atoms with Crippen molar-refractivity contribution in [3.63, 3.8) is 0 Å². The molecule has 4 N–H and O–H groups in total. The first-order valence-electron chi connectivity index (χ1n) is 7.29. The summed E-state index contributed by atoms with van der Waals surface area (Å²) in [6.07, 6.45) is 2.81. The molecular formula is C18H16FN5. The van der Waals surface area contributed by atoms with Gasteiger partial charge in [0.2, 0.25) is 0 Å². The van der Waals surface area contributed by atoms with Gasteiger partial charge in [-0.2, -0.15) is 0 Å². The number of aromatic nitrogens is 1. The number of anilines is 1. The molecule has 1 heterocycles. The highest BCUT2D eigenvalue weighted by Gasteiger charge is 2.11. The number of halogens is 1. The van der Waals surface area contributed by atoms with Crippen molar-refractivity contribution >= 4 is 28.8 Å². The van der Waals surface area contributed by atoms with Gasteiger partial charge >= 0.3 is 0 Å². The van der Waals surface area contributed by atoms with E-state index in [0.717, 1.165) is 27.5 Å². The van der Waals surface area contributed by atoms with Gasteiger partial charge < -0.3 is 11.5 Å². The van der Waals surface area contributed by atoms with E-state index in [1.54, 1.807) is 19.3 Å². The zero-order valence-corrected chi connectivity index (χ0v) is 13.1. The maximum atomic E-state index is 13.5. The molecule has 1 aromatic heterocycles. The molecule has 3 rings (SSSR count). The van der Waals surface area contributed by atoms with Gasteiger partial charge in [-0.25, -0.2) is 14.4 Å². The quantitative estimate of drug-likeness (QED) is 0.561. The van der Waals surface area contributed by atoms with Gasteiger partial charge in [-0.1, -0.05) is 24.3 Å².